The number of alkyl carbamates (subject to hydrolysis) is 1. The van der Waals surface area contributed by atoms with E-state index < -0.39 is 0 Å². The highest BCUT2D eigenvalue weighted by Crippen LogP contribution is 2.01. The second-order valence-corrected chi connectivity index (χ2v) is 2.79. The Bertz CT molecular complexity index is 147. The minimum Gasteiger partial charge on any atom is -0.442 e. The summed E-state index contributed by atoms with van der Waals surface area (Å²) in [5, 5.41) is 2.55. The summed E-state index contributed by atoms with van der Waals surface area (Å²) < 4.78 is 10.1. The number of carbonyl (C=O) groups is 1. The maximum atomic E-state index is 10.5. The summed E-state index contributed by atoms with van der Waals surface area (Å²) in [6.07, 6.45) is -0.262. The lowest BCUT2D eigenvalue weighted by molar-refractivity contribution is 0.0153. The average molecular weight is 159 g/mol. The molecule has 0 aromatic rings. The van der Waals surface area contributed by atoms with Gasteiger partial charge >= 0.3 is 6.09 Å². The van der Waals surface area contributed by atoms with Gasteiger partial charge in [-0.25, -0.2) is 4.79 Å². The molecule has 1 rings (SSSR count). The van der Waals surface area contributed by atoms with Gasteiger partial charge in [0.1, 0.15) is 6.10 Å². The van der Waals surface area contributed by atoms with Crippen LogP contribution in [0, 0.1) is 0 Å². The van der Waals surface area contributed by atoms with Crippen LogP contribution in [0.2, 0.25) is 0 Å². The molecule has 1 amide bonds. The van der Waals surface area contributed by atoms with E-state index in [0.717, 1.165) is 0 Å². The van der Waals surface area contributed by atoms with Crippen LogP contribution in [-0.2, 0) is 9.47 Å². The van der Waals surface area contributed by atoms with Crippen molar-refractivity contribution < 1.29 is 14.3 Å². The Morgan fingerprint density at radius 3 is 3.00 bits per heavy atom. The maximum absolute atomic E-state index is 10.5. The van der Waals surface area contributed by atoms with Gasteiger partial charge in [0, 0.05) is 0 Å². The smallest absolute Gasteiger partial charge is 0.407 e. The standard InChI is InChI=1S/C7H13NO3/c1-5(2)10-4-6-3-8-7(9)11-6/h5-6H,3-4H2,1-2H3,(H,8,9)/t6-/m1/s1. The topological polar surface area (TPSA) is 47.6 Å². The molecule has 4 heteroatoms. The summed E-state index contributed by atoms with van der Waals surface area (Å²) in [6.45, 7) is 4.94. The summed E-state index contributed by atoms with van der Waals surface area (Å²) in [5.41, 5.74) is 0. The molecule has 0 spiro atoms. The molecule has 1 aliphatic heterocycles. The summed E-state index contributed by atoms with van der Waals surface area (Å²) in [6, 6.07) is 0. The van der Waals surface area contributed by atoms with Gasteiger partial charge in [0.25, 0.3) is 0 Å². The lowest BCUT2D eigenvalue weighted by atomic mass is 10.4. The number of amides is 1. The van der Waals surface area contributed by atoms with Crippen molar-refractivity contribution in [3.63, 3.8) is 0 Å². The normalized spacial score (nSPS) is 23.5. The molecule has 0 aromatic carbocycles. The molecule has 4 nitrogen and oxygen atoms in total. The largest absolute Gasteiger partial charge is 0.442 e. The van der Waals surface area contributed by atoms with Crippen LogP contribution in [0.3, 0.4) is 0 Å². The Balaban J connectivity index is 2.13. The van der Waals surface area contributed by atoms with E-state index in [0.29, 0.717) is 13.2 Å². The molecule has 1 aliphatic rings. The van der Waals surface area contributed by atoms with Gasteiger partial charge in [0.2, 0.25) is 0 Å². The van der Waals surface area contributed by atoms with Crippen molar-refractivity contribution in [1.29, 1.82) is 0 Å². The number of ether oxygens (including phenoxy) is 2. The molecule has 0 radical (unpaired) electrons. The fraction of sp³-hybridized carbons (Fsp3) is 0.857. The molecule has 1 N–H and O–H groups in total. The maximum Gasteiger partial charge on any atom is 0.407 e. The Kier molecular flexibility index (Phi) is 2.70. The molecule has 0 aromatic heterocycles. The van der Waals surface area contributed by atoms with Gasteiger partial charge in [-0.05, 0) is 13.8 Å². The second kappa shape index (κ2) is 3.57. The van der Waals surface area contributed by atoms with Crippen LogP contribution < -0.4 is 5.32 Å². The van der Waals surface area contributed by atoms with Gasteiger partial charge in [0.05, 0.1) is 19.3 Å². The van der Waals surface area contributed by atoms with Crippen molar-refractivity contribution in [3.05, 3.63) is 0 Å². The molecular formula is C7H13NO3. The van der Waals surface area contributed by atoms with Crippen LogP contribution in [0.15, 0.2) is 0 Å². The molecule has 0 saturated carbocycles. The van der Waals surface area contributed by atoms with Crippen LogP contribution in [0.5, 0.6) is 0 Å². The zero-order valence-corrected chi connectivity index (χ0v) is 6.79. The molecule has 0 unspecified atom stereocenters. The van der Waals surface area contributed by atoms with Crippen LogP contribution in [-0.4, -0.2) is 31.5 Å². The first-order valence-corrected chi connectivity index (χ1v) is 3.74. The monoisotopic (exact) mass is 159 g/mol. The average Bonchev–Trinajstić information content (AvgIpc) is 2.31. The Labute approximate surface area is 65.9 Å². The summed E-state index contributed by atoms with van der Waals surface area (Å²) in [5.74, 6) is 0. The minimum absolute atomic E-state index is 0.107. The van der Waals surface area contributed by atoms with Crippen LogP contribution >= 0.6 is 0 Å². The van der Waals surface area contributed by atoms with E-state index in [1.165, 1.54) is 0 Å². The van der Waals surface area contributed by atoms with Crippen LogP contribution in [0.25, 0.3) is 0 Å². The summed E-state index contributed by atoms with van der Waals surface area (Å²) >= 11 is 0. The van der Waals surface area contributed by atoms with Crippen LogP contribution in [0.1, 0.15) is 13.8 Å². The van der Waals surface area contributed by atoms with E-state index in [4.69, 9.17) is 9.47 Å². The highest BCUT2D eigenvalue weighted by Gasteiger charge is 2.22. The number of hydrogen-bond acceptors (Lipinski definition) is 3. The van der Waals surface area contributed by atoms with E-state index in [1.807, 2.05) is 13.8 Å². The van der Waals surface area contributed by atoms with Crippen LogP contribution in [0.4, 0.5) is 4.79 Å². The quantitative estimate of drug-likeness (QED) is 0.653. The molecule has 64 valence electrons. The minimum atomic E-state index is -0.345. The third-order valence-corrected chi connectivity index (χ3v) is 1.36. The Hall–Kier alpha value is -0.770. The van der Waals surface area contributed by atoms with Gasteiger partial charge < -0.3 is 14.8 Å². The molecule has 11 heavy (non-hydrogen) atoms. The van der Waals surface area contributed by atoms with Gasteiger partial charge in [-0.3, -0.25) is 0 Å². The van der Waals surface area contributed by atoms with Crippen molar-refractivity contribution in [1.82, 2.24) is 5.32 Å². The molecular weight excluding hydrogens is 146 g/mol. The third-order valence-electron chi connectivity index (χ3n) is 1.36. The predicted molar refractivity (Wildman–Crippen MR) is 39.4 cm³/mol. The van der Waals surface area contributed by atoms with E-state index in [2.05, 4.69) is 5.32 Å². The molecule has 1 atom stereocenters. The SMILES string of the molecule is CC(C)OC[C@H]1CNC(=O)O1. The number of nitrogens with one attached hydrogen (secondary N) is 1. The fourth-order valence-electron chi connectivity index (χ4n) is 0.825. The molecule has 1 heterocycles. The van der Waals surface area contributed by atoms with Gasteiger partial charge in [0.15, 0.2) is 0 Å². The van der Waals surface area contributed by atoms with E-state index in [1.54, 1.807) is 0 Å². The van der Waals surface area contributed by atoms with E-state index >= 15 is 0 Å². The lowest BCUT2D eigenvalue weighted by Gasteiger charge is -2.10. The number of rotatable bonds is 3. The van der Waals surface area contributed by atoms with Gasteiger partial charge in [-0.2, -0.15) is 0 Å². The first-order valence-electron chi connectivity index (χ1n) is 3.74. The molecule has 1 fully saturated rings. The second-order valence-electron chi connectivity index (χ2n) is 2.79. The number of hydrogen-bond donors (Lipinski definition) is 1. The zero-order chi connectivity index (χ0) is 8.27. The summed E-state index contributed by atoms with van der Waals surface area (Å²) in [4.78, 5) is 10.5. The number of cyclic esters (lactones) is 1. The highest BCUT2D eigenvalue weighted by atomic mass is 16.6. The van der Waals surface area contributed by atoms with E-state index in [9.17, 15) is 4.79 Å². The molecule has 1 saturated heterocycles. The fourth-order valence-corrected chi connectivity index (χ4v) is 0.825. The Morgan fingerprint density at radius 1 is 1.82 bits per heavy atom. The van der Waals surface area contributed by atoms with Crippen molar-refractivity contribution in [2.45, 2.75) is 26.1 Å². The van der Waals surface area contributed by atoms with Crippen molar-refractivity contribution in [2.75, 3.05) is 13.2 Å². The van der Waals surface area contributed by atoms with Gasteiger partial charge in [-0.1, -0.05) is 0 Å². The lowest BCUT2D eigenvalue weighted by Crippen LogP contribution is -2.22. The van der Waals surface area contributed by atoms with Crippen molar-refractivity contribution in [2.24, 2.45) is 0 Å². The van der Waals surface area contributed by atoms with Crippen molar-refractivity contribution in [3.8, 4) is 0 Å². The highest BCUT2D eigenvalue weighted by molar-refractivity contribution is 5.69. The summed E-state index contributed by atoms with van der Waals surface area (Å²) in [7, 11) is 0. The number of carbonyl (C=O) groups excluding carboxylic acids is 1. The molecule has 0 bridgehead atoms. The Morgan fingerprint density at radius 2 is 2.55 bits per heavy atom. The first kappa shape index (κ1) is 8.33. The van der Waals surface area contributed by atoms with E-state index in [-0.39, 0.29) is 18.3 Å². The van der Waals surface area contributed by atoms with Crippen molar-refractivity contribution >= 4 is 6.09 Å². The zero-order valence-electron chi connectivity index (χ0n) is 6.79. The molecule has 0 aliphatic carbocycles. The first-order chi connectivity index (χ1) is 5.18. The van der Waals surface area contributed by atoms with Gasteiger partial charge in [-0.15, -0.1) is 0 Å². The third kappa shape index (κ3) is 2.76. The predicted octanol–water partition coefficient (Wildman–Crippen LogP) is 0.520.